The highest BCUT2D eigenvalue weighted by Gasteiger charge is 2.19. The third-order valence-electron chi connectivity index (χ3n) is 2.92. The van der Waals surface area contributed by atoms with Crippen molar-refractivity contribution in [2.45, 2.75) is 13.8 Å². The van der Waals surface area contributed by atoms with E-state index >= 15 is 0 Å². The van der Waals surface area contributed by atoms with E-state index in [1.165, 1.54) is 25.1 Å². The van der Waals surface area contributed by atoms with Crippen molar-refractivity contribution in [1.82, 2.24) is 0 Å². The van der Waals surface area contributed by atoms with E-state index in [2.05, 4.69) is 5.32 Å². The highest BCUT2D eigenvalue weighted by Crippen LogP contribution is 2.19. The van der Waals surface area contributed by atoms with Gasteiger partial charge in [0.2, 0.25) is 0 Å². The number of nitrogens with one attached hydrogen (secondary N) is 1. The average molecular weight is 287 g/mol. The summed E-state index contributed by atoms with van der Waals surface area (Å²) in [6.45, 7) is 2.89. The van der Waals surface area contributed by atoms with Crippen LogP contribution in [-0.2, 0) is 0 Å². The quantitative estimate of drug-likeness (QED) is 0.843. The number of amides is 1. The fourth-order valence-electron chi connectivity index (χ4n) is 1.85. The lowest BCUT2D eigenvalue weighted by Crippen LogP contribution is -2.15. The Morgan fingerprint density at radius 2 is 1.81 bits per heavy atom. The van der Waals surface area contributed by atoms with E-state index < -0.39 is 11.9 Å². The molecular formula is C15H13NO5. The van der Waals surface area contributed by atoms with E-state index in [0.29, 0.717) is 5.76 Å². The number of carbonyl (C=O) groups excluding carboxylic acids is 2. The second kappa shape index (κ2) is 5.62. The Balaban J connectivity index is 2.31. The smallest absolute Gasteiger partial charge is 0.337 e. The van der Waals surface area contributed by atoms with Crippen LogP contribution in [0, 0.1) is 6.92 Å². The van der Waals surface area contributed by atoms with Crippen LogP contribution >= 0.6 is 0 Å². The van der Waals surface area contributed by atoms with Crippen LogP contribution in [0.25, 0.3) is 0 Å². The lowest BCUT2D eigenvalue weighted by molar-refractivity contribution is 0.0697. The van der Waals surface area contributed by atoms with Crippen LogP contribution < -0.4 is 5.32 Å². The normalized spacial score (nSPS) is 10.2. The number of Topliss-reactive ketones (excluding diaryl/α,β-unsaturated/α-hetero) is 1. The first-order valence-electron chi connectivity index (χ1n) is 6.15. The molecule has 2 aromatic rings. The number of hydrogen-bond acceptors (Lipinski definition) is 4. The third kappa shape index (κ3) is 3.00. The maximum atomic E-state index is 12.2. The van der Waals surface area contributed by atoms with E-state index in [1.807, 2.05) is 0 Å². The predicted octanol–water partition coefficient (Wildman–Crippen LogP) is 2.74. The van der Waals surface area contributed by atoms with Crippen molar-refractivity contribution < 1.29 is 23.9 Å². The van der Waals surface area contributed by atoms with Crippen LogP contribution in [0.3, 0.4) is 0 Å². The van der Waals surface area contributed by atoms with Crippen molar-refractivity contribution in [2.24, 2.45) is 0 Å². The van der Waals surface area contributed by atoms with E-state index in [4.69, 9.17) is 9.52 Å². The van der Waals surface area contributed by atoms with Gasteiger partial charge >= 0.3 is 5.97 Å². The summed E-state index contributed by atoms with van der Waals surface area (Å²) in [6.07, 6.45) is 0. The molecule has 6 heteroatoms. The minimum Gasteiger partial charge on any atom is -0.478 e. The number of aromatic carboxylic acids is 1. The van der Waals surface area contributed by atoms with Gasteiger partial charge in [0.1, 0.15) is 5.76 Å². The van der Waals surface area contributed by atoms with Crippen LogP contribution in [0.2, 0.25) is 0 Å². The molecule has 21 heavy (non-hydrogen) atoms. The van der Waals surface area contributed by atoms with Crippen molar-refractivity contribution >= 4 is 23.3 Å². The van der Waals surface area contributed by atoms with Gasteiger partial charge in [0.15, 0.2) is 11.5 Å². The monoisotopic (exact) mass is 287 g/mol. The van der Waals surface area contributed by atoms with Gasteiger partial charge in [-0.2, -0.15) is 0 Å². The first-order chi connectivity index (χ1) is 9.90. The fraction of sp³-hybridized carbons (Fsp3) is 0.133. The van der Waals surface area contributed by atoms with E-state index in [0.717, 1.165) is 0 Å². The summed E-state index contributed by atoms with van der Waals surface area (Å²) < 4.78 is 5.19. The van der Waals surface area contributed by atoms with E-state index in [9.17, 15) is 14.4 Å². The number of carboxylic acids is 1. The maximum Gasteiger partial charge on any atom is 0.337 e. The third-order valence-corrected chi connectivity index (χ3v) is 2.92. The number of furan rings is 1. The number of para-hydroxylation sites is 1. The van der Waals surface area contributed by atoms with Gasteiger partial charge in [-0.15, -0.1) is 0 Å². The molecule has 1 aromatic heterocycles. The van der Waals surface area contributed by atoms with Crippen LogP contribution in [0.15, 0.2) is 34.7 Å². The first-order valence-corrected chi connectivity index (χ1v) is 6.15. The molecule has 0 fully saturated rings. The molecule has 0 bridgehead atoms. The lowest BCUT2D eigenvalue weighted by atomic mass is 10.1. The minimum atomic E-state index is -1.14. The summed E-state index contributed by atoms with van der Waals surface area (Å²) in [5.41, 5.74) is 0.360. The van der Waals surface area contributed by atoms with Crippen molar-refractivity contribution in [3.05, 3.63) is 53.0 Å². The first kappa shape index (κ1) is 14.5. The van der Waals surface area contributed by atoms with E-state index in [-0.39, 0.29) is 28.4 Å². The Hall–Kier alpha value is -2.89. The van der Waals surface area contributed by atoms with Gasteiger partial charge in [0, 0.05) is 13.0 Å². The molecular weight excluding hydrogens is 274 g/mol. The Morgan fingerprint density at radius 1 is 1.14 bits per heavy atom. The Morgan fingerprint density at radius 3 is 2.38 bits per heavy atom. The molecule has 0 saturated heterocycles. The molecule has 0 aliphatic heterocycles. The van der Waals surface area contributed by atoms with Gasteiger partial charge in [0.05, 0.1) is 16.8 Å². The summed E-state index contributed by atoms with van der Waals surface area (Å²) in [4.78, 5) is 34.5. The molecule has 2 rings (SSSR count). The van der Waals surface area contributed by atoms with Crippen molar-refractivity contribution in [1.29, 1.82) is 0 Å². The van der Waals surface area contributed by atoms with Gasteiger partial charge in [-0.1, -0.05) is 12.1 Å². The summed E-state index contributed by atoms with van der Waals surface area (Å²) in [5.74, 6) is -1.57. The van der Waals surface area contributed by atoms with Gasteiger partial charge in [0.25, 0.3) is 5.91 Å². The SMILES string of the molecule is CC(=O)c1cc(C(=O)Nc2ccccc2C(=O)O)c(C)o1. The standard InChI is InChI=1S/C15H13NO5/c1-8(17)13-7-11(9(2)21-13)14(18)16-12-6-4-3-5-10(12)15(19)20/h3-7H,1-2H3,(H,16,18)(H,19,20). The van der Waals surface area contributed by atoms with Gasteiger partial charge < -0.3 is 14.8 Å². The lowest BCUT2D eigenvalue weighted by Gasteiger charge is -2.07. The largest absolute Gasteiger partial charge is 0.478 e. The zero-order valence-corrected chi connectivity index (χ0v) is 11.5. The maximum absolute atomic E-state index is 12.2. The highest BCUT2D eigenvalue weighted by atomic mass is 16.4. The molecule has 1 heterocycles. The number of ketones is 1. The molecule has 0 saturated carbocycles. The fourth-order valence-corrected chi connectivity index (χ4v) is 1.85. The van der Waals surface area contributed by atoms with Crippen molar-refractivity contribution in [3.63, 3.8) is 0 Å². The molecule has 1 amide bonds. The number of aryl methyl sites for hydroxylation is 1. The van der Waals surface area contributed by atoms with Gasteiger partial charge in [-0.25, -0.2) is 4.79 Å². The summed E-state index contributed by atoms with van der Waals surface area (Å²) in [7, 11) is 0. The summed E-state index contributed by atoms with van der Waals surface area (Å²) >= 11 is 0. The molecule has 2 N–H and O–H groups in total. The summed E-state index contributed by atoms with van der Waals surface area (Å²) in [5, 5.41) is 11.6. The van der Waals surface area contributed by atoms with Crippen LogP contribution in [0.4, 0.5) is 5.69 Å². The second-order valence-corrected chi connectivity index (χ2v) is 4.44. The molecule has 0 aliphatic rings. The molecule has 6 nitrogen and oxygen atoms in total. The number of rotatable bonds is 4. The molecule has 0 spiro atoms. The number of hydrogen-bond donors (Lipinski definition) is 2. The number of carboxylic acid groups (broad SMARTS) is 1. The van der Waals surface area contributed by atoms with Crippen molar-refractivity contribution in [2.75, 3.05) is 5.32 Å². The number of benzene rings is 1. The molecule has 0 aliphatic carbocycles. The topological polar surface area (TPSA) is 96.6 Å². The zero-order chi connectivity index (χ0) is 15.6. The second-order valence-electron chi connectivity index (χ2n) is 4.44. The molecule has 108 valence electrons. The van der Waals surface area contributed by atoms with Crippen LogP contribution in [0.1, 0.15) is 44.0 Å². The van der Waals surface area contributed by atoms with Gasteiger partial charge in [-0.05, 0) is 19.1 Å². The summed E-state index contributed by atoms with van der Waals surface area (Å²) in [6, 6.07) is 7.40. The van der Waals surface area contributed by atoms with Crippen molar-refractivity contribution in [3.8, 4) is 0 Å². The Labute approximate surface area is 120 Å². The Bertz CT molecular complexity index is 729. The minimum absolute atomic E-state index is 0.0150. The average Bonchev–Trinajstić information content (AvgIpc) is 2.81. The van der Waals surface area contributed by atoms with Crippen LogP contribution in [-0.4, -0.2) is 22.8 Å². The van der Waals surface area contributed by atoms with Crippen LogP contribution in [0.5, 0.6) is 0 Å². The van der Waals surface area contributed by atoms with E-state index in [1.54, 1.807) is 19.1 Å². The molecule has 0 atom stereocenters. The Kier molecular flexibility index (Phi) is 3.89. The number of anilines is 1. The molecule has 0 unspecified atom stereocenters. The molecule has 1 aromatic carbocycles. The number of carbonyl (C=O) groups is 3. The van der Waals surface area contributed by atoms with Gasteiger partial charge in [-0.3, -0.25) is 9.59 Å². The molecule has 0 radical (unpaired) electrons. The highest BCUT2D eigenvalue weighted by molar-refractivity contribution is 6.09. The zero-order valence-electron chi connectivity index (χ0n) is 11.5. The predicted molar refractivity (Wildman–Crippen MR) is 74.8 cm³/mol.